The zero-order valence-corrected chi connectivity index (χ0v) is 10.9. The largest absolute Gasteiger partial charge is 0.376 e. The molecule has 5 nitrogen and oxygen atoms in total. The van der Waals surface area contributed by atoms with Crippen LogP contribution in [0.4, 0.5) is 0 Å². The van der Waals surface area contributed by atoms with Gasteiger partial charge < -0.3 is 9.64 Å². The molecular formula is C11H19NO4S. The summed E-state index contributed by atoms with van der Waals surface area (Å²) >= 11 is 0. The van der Waals surface area contributed by atoms with E-state index in [1.165, 1.54) is 6.92 Å². The molecule has 0 radical (unpaired) electrons. The van der Waals surface area contributed by atoms with Gasteiger partial charge in [0.25, 0.3) is 0 Å². The van der Waals surface area contributed by atoms with E-state index in [4.69, 9.17) is 4.74 Å². The van der Waals surface area contributed by atoms with Crippen molar-refractivity contribution in [2.75, 3.05) is 24.7 Å². The van der Waals surface area contributed by atoms with E-state index in [1.54, 1.807) is 4.90 Å². The van der Waals surface area contributed by atoms with Crippen LogP contribution in [0.25, 0.3) is 0 Å². The molecule has 0 aromatic carbocycles. The van der Waals surface area contributed by atoms with Crippen LogP contribution in [0.3, 0.4) is 0 Å². The Morgan fingerprint density at radius 2 is 2.18 bits per heavy atom. The number of sulfone groups is 1. The Morgan fingerprint density at radius 3 is 2.65 bits per heavy atom. The van der Waals surface area contributed by atoms with Crippen molar-refractivity contribution in [2.24, 2.45) is 0 Å². The summed E-state index contributed by atoms with van der Waals surface area (Å²) in [7, 11) is -2.94. The van der Waals surface area contributed by atoms with Gasteiger partial charge in [0.15, 0.2) is 9.84 Å². The van der Waals surface area contributed by atoms with Crippen LogP contribution in [0.5, 0.6) is 0 Å². The van der Waals surface area contributed by atoms with Crippen molar-refractivity contribution >= 4 is 15.7 Å². The van der Waals surface area contributed by atoms with Crippen molar-refractivity contribution in [3.8, 4) is 0 Å². The van der Waals surface area contributed by atoms with Gasteiger partial charge in [-0.25, -0.2) is 8.42 Å². The number of rotatable bonds is 3. The SMILES string of the molecule is CC(=O)N(CC1CCCO1)C1CCS(=O)(=O)C1. The molecule has 2 rings (SSSR count). The fourth-order valence-electron chi connectivity index (χ4n) is 2.56. The Kier molecular flexibility index (Phi) is 3.73. The van der Waals surface area contributed by atoms with Gasteiger partial charge in [0.05, 0.1) is 17.6 Å². The first-order chi connectivity index (χ1) is 7.98. The monoisotopic (exact) mass is 261 g/mol. The summed E-state index contributed by atoms with van der Waals surface area (Å²) in [5.74, 6) is 0.259. The maximum Gasteiger partial charge on any atom is 0.219 e. The first-order valence-corrected chi connectivity index (χ1v) is 7.89. The van der Waals surface area contributed by atoms with Gasteiger partial charge in [-0.1, -0.05) is 0 Å². The lowest BCUT2D eigenvalue weighted by Gasteiger charge is -2.29. The van der Waals surface area contributed by atoms with Crippen LogP contribution in [0.15, 0.2) is 0 Å². The second kappa shape index (κ2) is 4.94. The summed E-state index contributed by atoms with van der Waals surface area (Å²) in [6, 6.07) is -0.151. The molecule has 2 aliphatic heterocycles. The van der Waals surface area contributed by atoms with Crippen LogP contribution in [0, 0.1) is 0 Å². The zero-order valence-electron chi connectivity index (χ0n) is 10.1. The minimum Gasteiger partial charge on any atom is -0.376 e. The van der Waals surface area contributed by atoms with E-state index in [9.17, 15) is 13.2 Å². The van der Waals surface area contributed by atoms with E-state index in [0.29, 0.717) is 13.0 Å². The van der Waals surface area contributed by atoms with Gasteiger partial charge in [0.2, 0.25) is 5.91 Å². The molecule has 0 aliphatic carbocycles. The molecule has 0 aromatic rings. The van der Waals surface area contributed by atoms with E-state index in [2.05, 4.69) is 0 Å². The van der Waals surface area contributed by atoms with Gasteiger partial charge in [-0.05, 0) is 19.3 Å². The van der Waals surface area contributed by atoms with Gasteiger partial charge in [-0.2, -0.15) is 0 Å². The van der Waals surface area contributed by atoms with Gasteiger partial charge in [-0.15, -0.1) is 0 Å². The van der Waals surface area contributed by atoms with Crippen LogP contribution in [-0.4, -0.2) is 56.0 Å². The van der Waals surface area contributed by atoms with E-state index >= 15 is 0 Å². The fraction of sp³-hybridized carbons (Fsp3) is 0.909. The average Bonchev–Trinajstić information content (AvgIpc) is 2.83. The van der Waals surface area contributed by atoms with Crippen molar-refractivity contribution in [3.05, 3.63) is 0 Å². The van der Waals surface area contributed by atoms with Crippen LogP contribution < -0.4 is 0 Å². The maximum atomic E-state index is 11.6. The lowest BCUT2D eigenvalue weighted by Crippen LogP contribution is -2.44. The van der Waals surface area contributed by atoms with Crippen LogP contribution in [-0.2, 0) is 19.4 Å². The van der Waals surface area contributed by atoms with Crippen LogP contribution in [0.2, 0.25) is 0 Å². The fourth-order valence-corrected chi connectivity index (χ4v) is 4.29. The average molecular weight is 261 g/mol. The topological polar surface area (TPSA) is 63.7 Å². The van der Waals surface area contributed by atoms with Crippen LogP contribution in [0.1, 0.15) is 26.2 Å². The predicted octanol–water partition coefficient (Wildman–Crippen LogP) is 0.201. The highest BCUT2D eigenvalue weighted by Crippen LogP contribution is 2.21. The maximum absolute atomic E-state index is 11.6. The lowest BCUT2D eigenvalue weighted by atomic mass is 10.1. The summed E-state index contributed by atoms with van der Waals surface area (Å²) in [6.45, 7) is 2.79. The number of carbonyl (C=O) groups is 1. The van der Waals surface area contributed by atoms with Crippen molar-refractivity contribution in [1.29, 1.82) is 0 Å². The summed E-state index contributed by atoms with van der Waals surface area (Å²) in [5, 5.41) is 0. The van der Waals surface area contributed by atoms with Crippen molar-refractivity contribution < 1.29 is 17.9 Å². The summed E-state index contributed by atoms with van der Waals surface area (Å²) < 4.78 is 28.4. The van der Waals surface area contributed by atoms with Gasteiger partial charge in [-0.3, -0.25) is 4.79 Å². The van der Waals surface area contributed by atoms with E-state index < -0.39 is 9.84 Å². The first kappa shape index (κ1) is 12.8. The Bertz CT molecular complexity index is 386. The number of carbonyl (C=O) groups excluding carboxylic acids is 1. The van der Waals surface area contributed by atoms with Crippen molar-refractivity contribution in [3.63, 3.8) is 0 Å². The molecule has 0 aromatic heterocycles. The third-order valence-corrected chi connectivity index (χ3v) is 5.23. The number of amides is 1. The Balaban J connectivity index is 1.99. The van der Waals surface area contributed by atoms with Gasteiger partial charge in [0, 0.05) is 26.1 Å². The number of nitrogens with zero attached hydrogens (tertiary/aromatic N) is 1. The molecule has 0 N–H and O–H groups in total. The summed E-state index contributed by atoms with van der Waals surface area (Å²) in [6.07, 6.45) is 2.64. The molecule has 2 saturated heterocycles. The smallest absolute Gasteiger partial charge is 0.219 e. The Morgan fingerprint density at radius 1 is 1.41 bits per heavy atom. The molecule has 2 atom stereocenters. The molecule has 0 saturated carbocycles. The molecule has 2 heterocycles. The Labute approximate surface area is 102 Å². The highest BCUT2D eigenvalue weighted by Gasteiger charge is 2.35. The highest BCUT2D eigenvalue weighted by molar-refractivity contribution is 7.91. The van der Waals surface area contributed by atoms with Crippen LogP contribution >= 0.6 is 0 Å². The van der Waals surface area contributed by atoms with Gasteiger partial charge in [0.1, 0.15) is 0 Å². The molecular weight excluding hydrogens is 242 g/mol. The molecule has 2 fully saturated rings. The quantitative estimate of drug-likeness (QED) is 0.728. The summed E-state index contributed by atoms with van der Waals surface area (Å²) in [5.41, 5.74) is 0. The number of hydrogen-bond donors (Lipinski definition) is 0. The first-order valence-electron chi connectivity index (χ1n) is 6.07. The summed E-state index contributed by atoms with van der Waals surface area (Å²) in [4.78, 5) is 13.3. The lowest BCUT2D eigenvalue weighted by molar-refractivity contribution is -0.132. The Hall–Kier alpha value is -0.620. The minimum atomic E-state index is -2.94. The predicted molar refractivity (Wildman–Crippen MR) is 63.4 cm³/mol. The normalized spacial score (nSPS) is 31.6. The molecule has 98 valence electrons. The molecule has 2 aliphatic rings. The van der Waals surface area contributed by atoms with E-state index in [0.717, 1.165) is 19.4 Å². The molecule has 2 unspecified atom stereocenters. The molecule has 1 amide bonds. The number of hydrogen-bond acceptors (Lipinski definition) is 4. The van der Waals surface area contributed by atoms with Gasteiger partial charge >= 0.3 is 0 Å². The zero-order chi connectivity index (χ0) is 12.5. The van der Waals surface area contributed by atoms with E-state index in [1.807, 2.05) is 0 Å². The molecule has 0 spiro atoms. The van der Waals surface area contributed by atoms with Crippen molar-refractivity contribution in [1.82, 2.24) is 4.90 Å². The second-order valence-electron chi connectivity index (χ2n) is 4.86. The van der Waals surface area contributed by atoms with E-state index in [-0.39, 0.29) is 29.6 Å². The standard InChI is InChI=1S/C11H19NO4S/c1-9(13)12(7-11-3-2-5-16-11)10-4-6-17(14,15)8-10/h10-11H,2-8H2,1H3. The number of ether oxygens (including phenoxy) is 1. The minimum absolute atomic E-state index is 0.0531. The molecule has 17 heavy (non-hydrogen) atoms. The third kappa shape index (κ3) is 3.19. The molecule has 0 bridgehead atoms. The second-order valence-corrected chi connectivity index (χ2v) is 7.09. The third-order valence-electron chi connectivity index (χ3n) is 3.48. The highest BCUT2D eigenvalue weighted by atomic mass is 32.2. The van der Waals surface area contributed by atoms with Crippen molar-refractivity contribution in [2.45, 2.75) is 38.3 Å². The molecule has 6 heteroatoms.